The maximum absolute atomic E-state index is 11.0. The van der Waals surface area contributed by atoms with E-state index >= 15 is 0 Å². The molecular formula is C11H14N4O. The van der Waals surface area contributed by atoms with Crippen molar-refractivity contribution in [3.05, 3.63) is 24.5 Å². The fourth-order valence-electron chi connectivity index (χ4n) is 1.58. The van der Waals surface area contributed by atoms with Crippen molar-refractivity contribution in [3.63, 3.8) is 0 Å². The first kappa shape index (κ1) is 10.6. The number of hydrogen-bond acceptors (Lipinski definition) is 3. The third-order valence-electron chi connectivity index (χ3n) is 2.47. The summed E-state index contributed by atoms with van der Waals surface area (Å²) in [5.74, 6) is 0. The van der Waals surface area contributed by atoms with Crippen LogP contribution in [0.2, 0.25) is 0 Å². The Kier molecular flexibility index (Phi) is 3.16. The standard InChI is InChI=1S/C11H14N4O/c1-12-4-5-15(8-16)9-2-3-10-11(6-9)14-7-13-10/h2-3,6-8,12H,4-5H2,1H3,(H,13,14). The molecule has 1 aromatic carbocycles. The lowest BCUT2D eigenvalue weighted by Crippen LogP contribution is -2.29. The summed E-state index contributed by atoms with van der Waals surface area (Å²) in [6, 6.07) is 5.72. The highest BCUT2D eigenvalue weighted by Gasteiger charge is 2.05. The zero-order valence-electron chi connectivity index (χ0n) is 9.10. The molecule has 1 heterocycles. The molecule has 0 aliphatic rings. The third-order valence-corrected chi connectivity index (χ3v) is 2.47. The van der Waals surface area contributed by atoms with E-state index in [2.05, 4.69) is 15.3 Å². The number of fused-ring (bicyclic) bond motifs is 1. The van der Waals surface area contributed by atoms with Gasteiger partial charge in [0, 0.05) is 18.8 Å². The van der Waals surface area contributed by atoms with Crippen molar-refractivity contribution < 1.29 is 4.79 Å². The number of H-pyrrole nitrogens is 1. The second-order valence-electron chi connectivity index (χ2n) is 3.51. The normalized spacial score (nSPS) is 10.6. The lowest BCUT2D eigenvalue weighted by molar-refractivity contribution is -0.107. The van der Waals surface area contributed by atoms with Crippen molar-refractivity contribution in [2.24, 2.45) is 0 Å². The summed E-state index contributed by atoms with van der Waals surface area (Å²) in [7, 11) is 1.86. The van der Waals surface area contributed by atoms with E-state index in [0.717, 1.165) is 29.7 Å². The minimum Gasteiger partial charge on any atom is -0.345 e. The Bertz CT molecular complexity index is 480. The van der Waals surface area contributed by atoms with Gasteiger partial charge in [0.1, 0.15) is 0 Å². The summed E-state index contributed by atoms with van der Waals surface area (Å²) in [5, 5.41) is 3.01. The predicted octanol–water partition coefficient (Wildman–Crippen LogP) is 0.745. The number of nitrogens with one attached hydrogen (secondary N) is 2. The van der Waals surface area contributed by atoms with Crippen LogP contribution in [-0.2, 0) is 4.79 Å². The maximum Gasteiger partial charge on any atom is 0.214 e. The molecule has 2 rings (SSSR count). The molecule has 5 heteroatoms. The second-order valence-corrected chi connectivity index (χ2v) is 3.51. The highest BCUT2D eigenvalue weighted by molar-refractivity contribution is 5.84. The molecule has 16 heavy (non-hydrogen) atoms. The van der Waals surface area contributed by atoms with Gasteiger partial charge in [0.15, 0.2) is 0 Å². The molecule has 0 radical (unpaired) electrons. The SMILES string of the molecule is CNCCN(C=O)c1ccc2nc[nH]c2c1. The number of imidazole rings is 1. The van der Waals surface area contributed by atoms with E-state index < -0.39 is 0 Å². The number of benzene rings is 1. The zero-order valence-corrected chi connectivity index (χ0v) is 9.10. The number of nitrogens with zero attached hydrogens (tertiary/aromatic N) is 2. The quantitative estimate of drug-likeness (QED) is 0.728. The van der Waals surface area contributed by atoms with Gasteiger partial charge >= 0.3 is 0 Å². The Hall–Kier alpha value is -1.88. The molecule has 0 unspecified atom stereocenters. The number of aromatic amines is 1. The molecule has 0 saturated carbocycles. The van der Waals surface area contributed by atoms with E-state index in [9.17, 15) is 4.79 Å². The Balaban J connectivity index is 2.25. The number of aromatic nitrogens is 2. The Morgan fingerprint density at radius 1 is 1.56 bits per heavy atom. The molecule has 0 atom stereocenters. The molecule has 84 valence electrons. The molecule has 0 bridgehead atoms. The van der Waals surface area contributed by atoms with E-state index in [0.29, 0.717) is 6.54 Å². The molecular weight excluding hydrogens is 204 g/mol. The summed E-state index contributed by atoms with van der Waals surface area (Å²) in [6.45, 7) is 1.42. The van der Waals surface area contributed by atoms with Crippen LogP contribution in [0.15, 0.2) is 24.5 Å². The van der Waals surface area contributed by atoms with Gasteiger partial charge in [-0.15, -0.1) is 0 Å². The van der Waals surface area contributed by atoms with Crippen LogP contribution >= 0.6 is 0 Å². The molecule has 2 N–H and O–H groups in total. The summed E-state index contributed by atoms with van der Waals surface area (Å²) >= 11 is 0. The molecule has 1 amide bonds. The average Bonchev–Trinajstić information content (AvgIpc) is 2.77. The summed E-state index contributed by atoms with van der Waals surface area (Å²) in [6.07, 6.45) is 2.49. The van der Waals surface area contributed by atoms with Gasteiger partial charge in [0.05, 0.1) is 17.4 Å². The molecule has 0 aliphatic heterocycles. The van der Waals surface area contributed by atoms with Gasteiger partial charge < -0.3 is 15.2 Å². The van der Waals surface area contributed by atoms with Crippen LogP contribution in [-0.4, -0.2) is 36.5 Å². The lowest BCUT2D eigenvalue weighted by Gasteiger charge is -2.16. The molecule has 1 aromatic heterocycles. The second kappa shape index (κ2) is 4.76. The van der Waals surface area contributed by atoms with Crippen LogP contribution in [0.4, 0.5) is 5.69 Å². The Morgan fingerprint density at radius 3 is 3.19 bits per heavy atom. The first-order valence-corrected chi connectivity index (χ1v) is 5.15. The van der Waals surface area contributed by atoms with E-state index in [1.54, 1.807) is 11.2 Å². The van der Waals surface area contributed by atoms with Crippen LogP contribution in [0.25, 0.3) is 11.0 Å². The minimum atomic E-state index is 0.652. The number of amides is 1. The van der Waals surface area contributed by atoms with Crippen molar-refractivity contribution in [1.82, 2.24) is 15.3 Å². The molecule has 0 spiro atoms. The van der Waals surface area contributed by atoms with Crippen LogP contribution in [0.5, 0.6) is 0 Å². The Morgan fingerprint density at radius 2 is 2.44 bits per heavy atom. The van der Waals surface area contributed by atoms with E-state index in [1.807, 2.05) is 25.2 Å². The maximum atomic E-state index is 11.0. The van der Waals surface area contributed by atoms with Gasteiger partial charge in [-0.2, -0.15) is 0 Å². The highest BCUT2D eigenvalue weighted by Crippen LogP contribution is 2.18. The summed E-state index contributed by atoms with van der Waals surface area (Å²) < 4.78 is 0. The van der Waals surface area contributed by atoms with Crippen molar-refractivity contribution >= 4 is 23.1 Å². The molecule has 0 fully saturated rings. The fourth-order valence-corrected chi connectivity index (χ4v) is 1.58. The smallest absolute Gasteiger partial charge is 0.214 e. The molecule has 0 saturated heterocycles. The van der Waals surface area contributed by atoms with Gasteiger partial charge in [-0.05, 0) is 25.2 Å². The molecule has 2 aromatic rings. The van der Waals surface area contributed by atoms with Crippen LogP contribution < -0.4 is 10.2 Å². The number of carbonyl (C=O) groups is 1. The number of carbonyl (C=O) groups excluding carboxylic acids is 1. The van der Waals surface area contributed by atoms with Gasteiger partial charge in [-0.1, -0.05) is 0 Å². The van der Waals surface area contributed by atoms with Gasteiger partial charge in [-0.25, -0.2) is 4.98 Å². The topological polar surface area (TPSA) is 61.0 Å². The number of rotatable bonds is 5. The summed E-state index contributed by atoms with van der Waals surface area (Å²) in [5.41, 5.74) is 2.72. The largest absolute Gasteiger partial charge is 0.345 e. The number of hydrogen-bond donors (Lipinski definition) is 2. The van der Waals surface area contributed by atoms with Gasteiger partial charge in [0.2, 0.25) is 6.41 Å². The van der Waals surface area contributed by atoms with Crippen molar-refractivity contribution in [2.75, 3.05) is 25.0 Å². The average molecular weight is 218 g/mol. The van der Waals surface area contributed by atoms with E-state index in [1.165, 1.54) is 0 Å². The zero-order chi connectivity index (χ0) is 11.4. The predicted molar refractivity (Wildman–Crippen MR) is 63.4 cm³/mol. The first-order chi connectivity index (χ1) is 7.85. The van der Waals surface area contributed by atoms with Crippen LogP contribution in [0, 0.1) is 0 Å². The Labute approximate surface area is 93.5 Å². The van der Waals surface area contributed by atoms with Crippen LogP contribution in [0.1, 0.15) is 0 Å². The lowest BCUT2D eigenvalue weighted by atomic mass is 10.2. The van der Waals surface area contributed by atoms with E-state index in [4.69, 9.17) is 0 Å². The molecule has 0 aliphatic carbocycles. The van der Waals surface area contributed by atoms with Crippen molar-refractivity contribution in [2.45, 2.75) is 0 Å². The summed E-state index contributed by atoms with van der Waals surface area (Å²) in [4.78, 5) is 19.8. The molecule has 5 nitrogen and oxygen atoms in total. The first-order valence-electron chi connectivity index (χ1n) is 5.15. The van der Waals surface area contributed by atoms with Crippen LogP contribution in [0.3, 0.4) is 0 Å². The van der Waals surface area contributed by atoms with Gasteiger partial charge in [0.25, 0.3) is 0 Å². The highest BCUT2D eigenvalue weighted by atomic mass is 16.1. The van der Waals surface area contributed by atoms with Crippen molar-refractivity contribution in [1.29, 1.82) is 0 Å². The fraction of sp³-hybridized carbons (Fsp3) is 0.273. The van der Waals surface area contributed by atoms with Gasteiger partial charge in [-0.3, -0.25) is 4.79 Å². The monoisotopic (exact) mass is 218 g/mol. The minimum absolute atomic E-state index is 0.652. The number of likely N-dealkylation sites (N-methyl/N-ethyl adjacent to an activating group) is 1. The van der Waals surface area contributed by atoms with Crippen molar-refractivity contribution in [3.8, 4) is 0 Å². The third kappa shape index (κ3) is 2.04. The van der Waals surface area contributed by atoms with E-state index in [-0.39, 0.29) is 0 Å². The number of anilines is 1.